The highest BCUT2D eigenvalue weighted by Gasteiger charge is 2.21. The van der Waals surface area contributed by atoms with Crippen molar-refractivity contribution in [1.29, 1.82) is 5.26 Å². The number of anilines is 2. The molecule has 0 aliphatic heterocycles. The first-order valence-corrected chi connectivity index (χ1v) is 9.98. The molecule has 2 aromatic rings. The van der Waals surface area contributed by atoms with Gasteiger partial charge < -0.3 is 10.6 Å². The van der Waals surface area contributed by atoms with Crippen LogP contribution in [0.25, 0.3) is 0 Å². The van der Waals surface area contributed by atoms with Crippen molar-refractivity contribution in [2.24, 2.45) is 0 Å². The van der Waals surface area contributed by atoms with Crippen LogP contribution in [0.5, 0.6) is 0 Å². The summed E-state index contributed by atoms with van der Waals surface area (Å²) in [6.07, 6.45) is 0. The lowest BCUT2D eigenvalue weighted by molar-refractivity contribution is -0.114. The quantitative estimate of drug-likeness (QED) is 0.726. The molecule has 0 heterocycles. The van der Waals surface area contributed by atoms with E-state index in [-0.39, 0.29) is 17.3 Å². The first kappa shape index (κ1) is 20.4. The third-order valence-corrected chi connectivity index (χ3v) is 5.97. The van der Waals surface area contributed by atoms with Gasteiger partial charge in [-0.15, -0.1) is 0 Å². The highest BCUT2D eigenvalue weighted by molar-refractivity contribution is 7.89. The largest absolute Gasteiger partial charge is 0.376 e. The van der Waals surface area contributed by atoms with Crippen molar-refractivity contribution in [2.75, 3.05) is 30.3 Å². The van der Waals surface area contributed by atoms with Crippen LogP contribution in [0.15, 0.2) is 53.4 Å². The van der Waals surface area contributed by atoms with Gasteiger partial charge in [-0.2, -0.15) is 9.57 Å². The zero-order valence-corrected chi connectivity index (χ0v) is 16.1. The topological polar surface area (TPSA) is 102 Å². The molecule has 2 N–H and O–H groups in total. The Morgan fingerprint density at radius 3 is 2.33 bits per heavy atom. The molecule has 0 radical (unpaired) electrons. The van der Waals surface area contributed by atoms with E-state index in [2.05, 4.69) is 10.6 Å². The summed E-state index contributed by atoms with van der Waals surface area (Å²) in [5.74, 6) is -0.281. The van der Waals surface area contributed by atoms with Crippen LogP contribution in [0.4, 0.5) is 11.4 Å². The average Bonchev–Trinajstić information content (AvgIpc) is 2.68. The summed E-state index contributed by atoms with van der Waals surface area (Å²) in [7, 11) is -3.55. The Hall–Kier alpha value is -2.89. The Bertz CT molecular complexity index is 930. The molecule has 0 aromatic heterocycles. The minimum absolute atomic E-state index is 0.0191. The van der Waals surface area contributed by atoms with Crippen molar-refractivity contribution in [1.82, 2.24) is 4.31 Å². The van der Waals surface area contributed by atoms with Crippen LogP contribution < -0.4 is 10.6 Å². The summed E-state index contributed by atoms with van der Waals surface area (Å²) in [4.78, 5) is 12.2. The second-order valence-electron chi connectivity index (χ2n) is 5.71. The second-order valence-corrected chi connectivity index (χ2v) is 7.65. The molecule has 0 unspecified atom stereocenters. The molecule has 7 nitrogen and oxygen atoms in total. The van der Waals surface area contributed by atoms with Crippen molar-refractivity contribution in [3.8, 4) is 6.07 Å². The Labute approximate surface area is 159 Å². The number of carbonyl (C=O) groups excluding carboxylic acids is 1. The predicted molar refractivity (Wildman–Crippen MR) is 105 cm³/mol. The number of carbonyl (C=O) groups is 1. The third kappa shape index (κ3) is 5.29. The van der Waals surface area contributed by atoms with Gasteiger partial charge in [0.2, 0.25) is 15.9 Å². The number of nitrogens with zero attached hydrogens (tertiary/aromatic N) is 2. The molecule has 1 amide bonds. The van der Waals surface area contributed by atoms with Crippen molar-refractivity contribution < 1.29 is 13.2 Å². The standard InChI is InChI=1S/C19H22N4O3S/c1-3-23(4-2)27(25,26)18-7-5-6-17(12-18)21-14-19(24)22-16-10-8-15(13-20)9-11-16/h5-12,21H,3-4,14H2,1-2H3,(H,22,24). The summed E-state index contributed by atoms with van der Waals surface area (Å²) in [5, 5.41) is 14.4. The van der Waals surface area contributed by atoms with E-state index in [1.54, 1.807) is 50.2 Å². The monoisotopic (exact) mass is 386 g/mol. The molecule has 0 spiro atoms. The molecule has 2 rings (SSSR count). The van der Waals surface area contributed by atoms with Crippen LogP contribution in [-0.4, -0.2) is 38.3 Å². The Balaban J connectivity index is 2.01. The molecule has 2 aromatic carbocycles. The van der Waals surface area contributed by atoms with Gasteiger partial charge in [0.1, 0.15) is 0 Å². The number of amides is 1. The van der Waals surface area contributed by atoms with E-state index in [1.165, 1.54) is 16.4 Å². The molecular weight excluding hydrogens is 364 g/mol. The van der Waals surface area contributed by atoms with E-state index in [1.807, 2.05) is 6.07 Å². The fourth-order valence-corrected chi connectivity index (χ4v) is 4.00. The van der Waals surface area contributed by atoms with Crippen LogP contribution in [0.2, 0.25) is 0 Å². The SMILES string of the molecule is CCN(CC)S(=O)(=O)c1cccc(NCC(=O)Nc2ccc(C#N)cc2)c1. The third-order valence-electron chi connectivity index (χ3n) is 3.93. The van der Waals surface area contributed by atoms with Crippen LogP contribution in [-0.2, 0) is 14.8 Å². The van der Waals surface area contributed by atoms with E-state index in [4.69, 9.17) is 5.26 Å². The summed E-state index contributed by atoms with van der Waals surface area (Å²) in [6.45, 7) is 4.34. The molecule has 0 atom stereocenters. The number of rotatable bonds is 8. The molecule has 0 aliphatic carbocycles. The van der Waals surface area contributed by atoms with Gasteiger partial charge in [-0.25, -0.2) is 8.42 Å². The molecule has 0 saturated carbocycles. The molecule has 142 valence electrons. The Kier molecular flexibility index (Phi) is 6.93. The first-order chi connectivity index (χ1) is 12.9. The number of hydrogen-bond acceptors (Lipinski definition) is 5. The smallest absolute Gasteiger partial charge is 0.243 e. The van der Waals surface area contributed by atoms with E-state index >= 15 is 0 Å². The Morgan fingerprint density at radius 1 is 1.07 bits per heavy atom. The van der Waals surface area contributed by atoms with Gasteiger partial charge in [0.25, 0.3) is 0 Å². The van der Waals surface area contributed by atoms with Gasteiger partial charge in [-0.3, -0.25) is 4.79 Å². The number of sulfonamides is 1. The number of nitrogens with one attached hydrogen (secondary N) is 2. The Morgan fingerprint density at radius 2 is 1.74 bits per heavy atom. The number of nitriles is 1. The zero-order chi connectivity index (χ0) is 19.9. The van der Waals surface area contributed by atoms with Crippen LogP contribution in [0.1, 0.15) is 19.4 Å². The highest BCUT2D eigenvalue weighted by Crippen LogP contribution is 2.19. The summed E-state index contributed by atoms with van der Waals surface area (Å²) >= 11 is 0. The number of benzene rings is 2. The molecule has 0 fully saturated rings. The van der Waals surface area contributed by atoms with Gasteiger partial charge >= 0.3 is 0 Å². The molecule has 8 heteroatoms. The fraction of sp³-hybridized carbons (Fsp3) is 0.263. The predicted octanol–water partition coefficient (Wildman–Crippen LogP) is 2.64. The number of hydrogen-bond donors (Lipinski definition) is 2. The van der Waals surface area contributed by atoms with Gasteiger partial charge in [-0.1, -0.05) is 19.9 Å². The second kappa shape index (κ2) is 9.16. The van der Waals surface area contributed by atoms with E-state index < -0.39 is 10.0 Å². The van der Waals surface area contributed by atoms with Crippen LogP contribution in [0, 0.1) is 11.3 Å². The normalized spacial score (nSPS) is 11.0. The lowest BCUT2D eigenvalue weighted by Crippen LogP contribution is -2.30. The maximum atomic E-state index is 12.6. The van der Waals surface area contributed by atoms with Crippen molar-refractivity contribution in [2.45, 2.75) is 18.7 Å². The molecular formula is C19H22N4O3S. The average molecular weight is 386 g/mol. The summed E-state index contributed by atoms with van der Waals surface area (Å²) in [5.41, 5.74) is 1.63. The molecule has 0 aliphatic rings. The van der Waals surface area contributed by atoms with Crippen molar-refractivity contribution in [3.05, 3.63) is 54.1 Å². The lowest BCUT2D eigenvalue weighted by Gasteiger charge is -2.19. The molecule has 0 saturated heterocycles. The lowest BCUT2D eigenvalue weighted by atomic mass is 10.2. The van der Waals surface area contributed by atoms with Crippen molar-refractivity contribution in [3.63, 3.8) is 0 Å². The maximum Gasteiger partial charge on any atom is 0.243 e. The summed E-state index contributed by atoms with van der Waals surface area (Å²) in [6, 6.07) is 14.9. The summed E-state index contributed by atoms with van der Waals surface area (Å²) < 4.78 is 26.5. The van der Waals surface area contributed by atoms with Gasteiger partial charge in [0, 0.05) is 24.5 Å². The van der Waals surface area contributed by atoms with Crippen LogP contribution >= 0.6 is 0 Å². The highest BCUT2D eigenvalue weighted by atomic mass is 32.2. The van der Waals surface area contributed by atoms with E-state index in [0.29, 0.717) is 30.0 Å². The minimum Gasteiger partial charge on any atom is -0.376 e. The first-order valence-electron chi connectivity index (χ1n) is 8.54. The molecule has 27 heavy (non-hydrogen) atoms. The van der Waals surface area contributed by atoms with Crippen LogP contribution in [0.3, 0.4) is 0 Å². The zero-order valence-electron chi connectivity index (χ0n) is 15.3. The van der Waals surface area contributed by atoms with Crippen molar-refractivity contribution >= 4 is 27.3 Å². The van der Waals surface area contributed by atoms with E-state index in [0.717, 1.165) is 0 Å². The van der Waals surface area contributed by atoms with E-state index in [9.17, 15) is 13.2 Å². The fourth-order valence-electron chi connectivity index (χ4n) is 2.49. The van der Waals surface area contributed by atoms with Gasteiger partial charge in [0.15, 0.2) is 0 Å². The minimum atomic E-state index is -3.55. The van der Waals surface area contributed by atoms with Gasteiger partial charge in [-0.05, 0) is 42.5 Å². The molecule has 0 bridgehead atoms. The van der Waals surface area contributed by atoms with Gasteiger partial charge in [0.05, 0.1) is 23.1 Å². The maximum absolute atomic E-state index is 12.6.